The second kappa shape index (κ2) is 9.06. The fourth-order valence-corrected chi connectivity index (χ4v) is 3.24. The van der Waals surface area contributed by atoms with Gasteiger partial charge in [0.25, 0.3) is 17.5 Å². The molecule has 1 fully saturated rings. The molecule has 1 N–H and O–H groups in total. The van der Waals surface area contributed by atoms with Crippen molar-refractivity contribution in [1.82, 2.24) is 5.32 Å². The van der Waals surface area contributed by atoms with Crippen LogP contribution in [0.25, 0.3) is 6.08 Å². The molecule has 32 heavy (non-hydrogen) atoms. The zero-order valence-electron chi connectivity index (χ0n) is 17.2. The Kier molecular flexibility index (Phi) is 6.45. The molecule has 1 aliphatic rings. The normalized spacial score (nSPS) is 15.2. The van der Waals surface area contributed by atoms with E-state index < -0.39 is 22.8 Å². The first-order valence-electron chi connectivity index (χ1n) is 9.32. The summed E-state index contributed by atoms with van der Waals surface area (Å²) in [6.45, 7) is 3.63. The monoisotopic (exact) mass is 459 g/mol. The number of nitro benzene ring substituents is 1. The van der Waals surface area contributed by atoms with Crippen LogP contribution in [-0.2, 0) is 9.59 Å². The molecule has 4 amide bonds. The molecule has 1 aliphatic heterocycles. The van der Waals surface area contributed by atoms with Crippen LogP contribution in [-0.4, -0.2) is 36.0 Å². The first-order chi connectivity index (χ1) is 15.1. The predicted octanol–water partition coefficient (Wildman–Crippen LogP) is 3.71. The minimum absolute atomic E-state index is 0.0589. The molecule has 11 heteroatoms. The maximum absolute atomic E-state index is 13.0. The Morgan fingerprint density at radius 3 is 2.53 bits per heavy atom. The third-order valence-corrected chi connectivity index (χ3v) is 4.60. The van der Waals surface area contributed by atoms with Crippen LogP contribution in [0, 0.1) is 10.1 Å². The van der Waals surface area contributed by atoms with E-state index in [1.54, 1.807) is 0 Å². The van der Waals surface area contributed by atoms with Gasteiger partial charge in [0.1, 0.15) is 5.57 Å². The van der Waals surface area contributed by atoms with Crippen molar-refractivity contribution < 1.29 is 28.8 Å². The summed E-state index contributed by atoms with van der Waals surface area (Å²) in [4.78, 5) is 48.7. The van der Waals surface area contributed by atoms with Crippen LogP contribution in [0.3, 0.4) is 0 Å². The summed E-state index contributed by atoms with van der Waals surface area (Å²) >= 11 is 6.29. The zero-order valence-corrected chi connectivity index (χ0v) is 18.0. The predicted molar refractivity (Wildman–Crippen MR) is 116 cm³/mol. The Bertz CT molecular complexity index is 1160. The van der Waals surface area contributed by atoms with E-state index in [0.29, 0.717) is 16.2 Å². The average molecular weight is 460 g/mol. The maximum atomic E-state index is 13.0. The van der Waals surface area contributed by atoms with Gasteiger partial charge >= 0.3 is 6.03 Å². The number of carbonyl (C=O) groups excluding carboxylic acids is 3. The van der Waals surface area contributed by atoms with E-state index in [2.05, 4.69) is 5.32 Å². The summed E-state index contributed by atoms with van der Waals surface area (Å²) in [5.41, 5.74) is -0.402. The van der Waals surface area contributed by atoms with Crippen LogP contribution in [0.4, 0.5) is 16.2 Å². The molecule has 0 aliphatic carbocycles. The maximum Gasteiger partial charge on any atom is 0.335 e. The molecule has 1 saturated heterocycles. The van der Waals surface area contributed by atoms with Crippen molar-refractivity contribution in [1.29, 1.82) is 0 Å². The van der Waals surface area contributed by atoms with Gasteiger partial charge in [-0.15, -0.1) is 0 Å². The number of benzene rings is 2. The number of methoxy groups -OCH3 is 1. The summed E-state index contributed by atoms with van der Waals surface area (Å²) < 4.78 is 10.9. The topological polar surface area (TPSA) is 128 Å². The van der Waals surface area contributed by atoms with Crippen molar-refractivity contribution in [2.24, 2.45) is 0 Å². The highest BCUT2D eigenvalue weighted by atomic mass is 35.5. The van der Waals surface area contributed by atoms with Crippen LogP contribution in [0.5, 0.6) is 11.5 Å². The number of urea groups is 1. The van der Waals surface area contributed by atoms with Crippen LogP contribution in [0.15, 0.2) is 42.0 Å². The smallest absolute Gasteiger partial charge is 0.335 e. The fraction of sp³-hybridized carbons (Fsp3) is 0.190. The highest BCUT2D eigenvalue weighted by molar-refractivity contribution is 6.39. The van der Waals surface area contributed by atoms with Gasteiger partial charge in [0, 0.05) is 12.1 Å². The van der Waals surface area contributed by atoms with E-state index >= 15 is 0 Å². The lowest BCUT2D eigenvalue weighted by atomic mass is 10.1. The highest BCUT2D eigenvalue weighted by Crippen LogP contribution is 2.38. The number of nitro groups is 1. The lowest BCUT2D eigenvalue weighted by Gasteiger charge is -2.26. The molecule has 0 spiro atoms. The number of nitrogens with one attached hydrogen (secondary N) is 1. The summed E-state index contributed by atoms with van der Waals surface area (Å²) in [5, 5.41) is 13.3. The molecule has 2 aromatic rings. The summed E-state index contributed by atoms with van der Waals surface area (Å²) in [6.07, 6.45) is 1.06. The molecule has 166 valence electrons. The van der Waals surface area contributed by atoms with Gasteiger partial charge in [-0.2, -0.15) is 0 Å². The van der Waals surface area contributed by atoms with Crippen molar-refractivity contribution in [2.45, 2.75) is 20.0 Å². The van der Waals surface area contributed by atoms with E-state index in [-0.39, 0.29) is 33.8 Å². The third kappa shape index (κ3) is 4.54. The van der Waals surface area contributed by atoms with Crippen molar-refractivity contribution in [3.63, 3.8) is 0 Å². The third-order valence-electron chi connectivity index (χ3n) is 4.32. The van der Waals surface area contributed by atoms with Crippen LogP contribution in [0.1, 0.15) is 19.4 Å². The highest BCUT2D eigenvalue weighted by Gasteiger charge is 2.37. The van der Waals surface area contributed by atoms with Gasteiger partial charge in [-0.3, -0.25) is 25.0 Å². The minimum atomic E-state index is -1.02. The largest absolute Gasteiger partial charge is 0.493 e. The second-order valence-corrected chi connectivity index (χ2v) is 7.34. The molecule has 0 saturated carbocycles. The van der Waals surface area contributed by atoms with Crippen molar-refractivity contribution in [2.75, 3.05) is 12.0 Å². The molecular formula is C21H18ClN3O7. The molecular weight excluding hydrogens is 442 g/mol. The van der Waals surface area contributed by atoms with Gasteiger partial charge in [0.15, 0.2) is 11.5 Å². The van der Waals surface area contributed by atoms with Gasteiger partial charge < -0.3 is 9.47 Å². The van der Waals surface area contributed by atoms with Gasteiger partial charge in [-0.05, 0) is 43.7 Å². The number of barbiturate groups is 1. The van der Waals surface area contributed by atoms with Crippen molar-refractivity contribution in [3.8, 4) is 11.5 Å². The van der Waals surface area contributed by atoms with Gasteiger partial charge in [-0.1, -0.05) is 17.7 Å². The number of rotatable bonds is 6. The van der Waals surface area contributed by atoms with Crippen LogP contribution in [0.2, 0.25) is 5.02 Å². The quantitative estimate of drug-likeness (QED) is 0.302. The SMILES string of the molecule is COc1cc(/C=C2\C(=O)NC(=O)N(c3cccc([N+](=O)[O-])c3)C2=O)cc(Cl)c1OC(C)C. The van der Waals surface area contributed by atoms with E-state index in [1.165, 1.54) is 43.5 Å². The summed E-state index contributed by atoms with van der Waals surface area (Å²) in [6, 6.07) is 6.92. The number of hydrogen-bond acceptors (Lipinski definition) is 7. The van der Waals surface area contributed by atoms with Gasteiger partial charge in [0.2, 0.25) is 0 Å². The van der Waals surface area contributed by atoms with Crippen LogP contribution >= 0.6 is 11.6 Å². The van der Waals surface area contributed by atoms with E-state index in [9.17, 15) is 24.5 Å². The zero-order chi connectivity index (χ0) is 23.6. The number of anilines is 1. The number of imide groups is 2. The first kappa shape index (κ1) is 22.8. The summed E-state index contributed by atoms with van der Waals surface area (Å²) in [5.74, 6) is -1.27. The molecule has 10 nitrogen and oxygen atoms in total. The minimum Gasteiger partial charge on any atom is -0.493 e. The van der Waals surface area contributed by atoms with Gasteiger partial charge in [-0.25, -0.2) is 9.69 Å². The first-order valence-corrected chi connectivity index (χ1v) is 9.70. The lowest BCUT2D eigenvalue weighted by Crippen LogP contribution is -2.54. The molecule has 0 aromatic heterocycles. The number of non-ortho nitro benzene ring substituents is 1. The van der Waals surface area contributed by atoms with E-state index in [1.807, 2.05) is 13.8 Å². The Balaban J connectivity index is 2.04. The Hall–Kier alpha value is -3.92. The van der Waals surface area contributed by atoms with Crippen molar-refractivity contribution >= 4 is 46.9 Å². The summed E-state index contributed by atoms with van der Waals surface area (Å²) in [7, 11) is 1.41. The number of hydrogen-bond donors (Lipinski definition) is 1. The molecule has 0 unspecified atom stereocenters. The Morgan fingerprint density at radius 2 is 1.91 bits per heavy atom. The van der Waals surface area contributed by atoms with E-state index in [4.69, 9.17) is 21.1 Å². The number of amides is 4. The number of halogens is 1. The van der Waals surface area contributed by atoms with E-state index in [0.717, 1.165) is 6.07 Å². The fourth-order valence-electron chi connectivity index (χ4n) is 2.98. The number of carbonyl (C=O) groups is 3. The van der Waals surface area contributed by atoms with Crippen LogP contribution < -0.4 is 19.7 Å². The number of ether oxygens (including phenoxy) is 2. The second-order valence-electron chi connectivity index (χ2n) is 6.94. The molecule has 1 heterocycles. The lowest BCUT2D eigenvalue weighted by molar-refractivity contribution is -0.384. The molecule has 0 radical (unpaired) electrons. The Labute approximate surface area is 187 Å². The average Bonchev–Trinajstić information content (AvgIpc) is 2.72. The van der Waals surface area contributed by atoms with Crippen molar-refractivity contribution in [3.05, 3.63) is 62.7 Å². The standard InChI is InChI=1S/C21H18ClN3O7/c1-11(2)32-18-16(22)8-12(9-17(18)31-3)7-15-19(26)23-21(28)24(20(15)27)13-5-4-6-14(10-13)25(29)30/h4-11H,1-3H3,(H,23,26,28)/b15-7+. The molecule has 2 aromatic carbocycles. The molecule has 3 rings (SSSR count). The Morgan fingerprint density at radius 1 is 1.19 bits per heavy atom. The number of nitrogens with zero attached hydrogens (tertiary/aromatic N) is 2. The molecule has 0 bridgehead atoms. The molecule has 0 atom stereocenters. The van der Waals surface area contributed by atoms with Gasteiger partial charge in [0.05, 0.1) is 28.8 Å².